The standard InChI is InChI=1S/C15H12N2O/c1-2-7-13(8-3-1)17-16-11-14-10-12-6-4-5-9-15(12)18-14/h1-10H,11H2. The number of hydrogen-bond acceptors (Lipinski definition) is 3. The average molecular weight is 236 g/mol. The molecule has 3 rings (SSSR count). The summed E-state index contributed by atoms with van der Waals surface area (Å²) in [4.78, 5) is 0. The van der Waals surface area contributed by atoms with E-state index in [0.29, 0.717) is 6.54 Å². The molecule has 3 nitrogen and oxygen atoms in total. The van der Waals surface area contributed by atoms with E-state index in [9.17, 15) is 0 Å². The highest BCUT2D eigenvalue weighted by atomic mass is 16.3. The van der Waals surface area contributed by atoms with Crippen molar-refractivity contribution in [1.29, 1.82) is 0 Å². The van der Waals surface area contributed by atoms with Crippen LogP contribution in [-0.2, 0) is 6.54 Å². The van der Waals surface area contributed by atoms with Crippen LogP contribution in [0.25, 0.3) is 11.0 Å². The van der Waals surface area contributed by atoms with E-state index in [1.807, 2.05) is 60.7 Å². The molecule has 0 saturated heterocycles. The first-order chi connectivity index (χ1) is 8.92. The van der Waals surface area contributed by atoms with Gasteiger partial charge in [-0.2, -0.15) is 10.2 Å². The molecule has 1 heterocycles. The summed E-state index contributed by atoms with van der Waals surface area (Å²) in [6, 6.07) is 19.6. The zero-order chi connectivity index (χ0) is 12.2. The van der Waals surface area contributed by atoms with Crippen LogP contribution < -0.4 is 0 Å². The molecule has 0 aliphatic heterocycles. The summed E-state index contributed by atoms with van der Waals surface area (Å²) in [5.41, 5.74) is 1.75. The van der Waals surface area contributed by atoms with Crippen molar-refractivity contribution in [2.45, 2.75) is 6.54 Å². The van der Waals surface area contributed by atoms with Crippen LogP contribution in [0.4, 0.5) is 5.69 Å². The van der Waals surface area contributed by atoms with Crippen molar-refractivity contribution in [3.63, 3.8) is 0 Å². The summed E-state index contributed by atoms with van der Waals surface area (Å²) in [7, 11) is 0. The molecule has 3 heteroatoms. The highest BCUT2D eigenvalue weighted by Crippen LogP contribution is 2.20. The Morgan fingerprint density at radius 2 is 1.67 bits per heavy atom. The van der Waals surface area contributed by atoms with E-state index in [0.717, 1.165) is 22.4 Å². The number of furan rings is 1. The zero-order valence-electron chi connectivity index (χ0n) is 9.78. The van der Waals surface area contributed by atoms with Gasteiger partial charge in [0, 0.05) is 5.39 Å². The predicted octanol–water partition coefficient (Wildman–Crippen LogP) is 4.72. The minimum atomic E-state index is 0.462. The van der Waals surface area contributed by atoms with Crippen LogP contribution in [0.15, 0.2) is 75.3 Å². The smallest absolute Gasteiger partial charge is 0.134 e. The zero-order valence-corrected chi connectivity index (χ0v) is 9.78. The van der Waals surface area contributed by atoms with Gasteiger partial charge in [0.25, 0.3) is 0 Å². The lowest BCUT2D eigenvalue weighted by atomic mass is 10.2. The number of nitrogens with zero attached hydrogens (tertiary/aromatic N) is 2. The molecule has 3 aromatic rings. The summed E-state index contributed by atoms with van der Waals surface area (Å²) in [6.07, 6.45) is 0. The Morgan fingerprint density at radius 1 is 0.889 bits per heavy atom. The lowest BCUT2D eigenvalue weighted by Gasteiger charge is -1.90. The summed E-state index contributed by atoms with van der Waals surface area (Å²) in [6.45, 7) is 0.462. The number of para-hydroxylation sites is 1. The molecule has 0 saturated carbocycles. The normalized spacial score (nSPS) is 11.3. The summed E-state index contributed by atoms with van der Waals surface area (Å²) < 4.78 is 5.65. The first-order valence-corrected chi connectivity index (χ1v) is 5.82. The fourth-order valence-electron chi connectivity index (χ4n) is 1.80. The number of hydrogen-bond donors (Lipinski definition) is 0. The molecule has 0 aliphatic rings. The number of fused-ring (bicyclic) bond motifs is 1. The van der Waals surface area contributed by atoms with Gasteiger partial charge in [-0.3, -0.25) is 0 Å². The molecule has 0 fully saturated rings. The van der Waals surface area contributed by atoms with E-state index in [2.05, 4.69) is 10.2 Å². The maximum atomic E-state index is 5.65. The van der Waals surface area contributed by atoms with Gasteiger partial charge in [0.15, 0.2) is 0 Å². The molecule has 18 heavy (non-hydrogen) atoms. The van der Waals surface area contributed by atoms with E-state index >= 15 is 0 Å². The Bertz CT molecular complexity index is 638. The molecule has 0 spiro atoms. The second-order valence-corrected chi connectivity index (χ2v) is 3.99. The maximum absolute atomic E-state index is 5.65. The third-order valence-corrected chi connectivity index (χ3v) is 2.65. The lowest BCUT2D eigenvalue weighted by molar-refractivity contribution is 0.548. The Balaban J connectivity index is 1.75. The van der Waals surface area contributed by atoms with Crippen molar-refractivity contribution in [1.82, 2.24) is 0 Å². The van der Waals surface area contributed by atoms with E-state index in [1.165, 1.54) is 0 Å². The van der Waals surface area contributed by atoms with Gasteiger partial charge in [-0.1, -0.05) is 36.4 Å². The fraction of sp³-hybridized carbons (Fsp3) is 0.0667. The van der Waals surface area contributed by atoms with Gasteiger partial charge in [0.2, 0.25) is 0 Å². The third-order valence-electron chi connectivity index (χ3n) is 2.65. The monoisotopic (exact) mass is 236 g/mol. The summed E-state index contributed by atoms with van der Waals surface area (Å²) >= 11 is 0. The van der Waals surface area contributed by atoms with Crippen LogP contribution in [0.2, 0.25) is 0 Å². The van der Waals surface area contributed by atoms with E-state index in [-0.39, 0.29) is 0 Å². The Labute approximate surface area is 105 Å². The number of rotatable bonds is 3. The second kappa shape index (κ2) is 4.84. The highest BCUT2D eigenvalue weighted by molar-refractivity contribution is 5.77. The van der Waals surface area contributed by atoms with Gasteiger partial charge in [0.1, 0.15) is 17.9 Å². The lowest BCUT2D eigenvalue weighted by Crippen LogP contribution is -1.72. The molecular weight excluding hydrogens is 224 g/mol. The number of benzene rings is 2. The van der Waals surface area contributed by atoms with Crippen LogP contribution in [0.5, 0.6) is 0 Å². The van der Waals surface area contributed by atoms with Gasteiger partial charge in [-0.25, -0.2) is 0 Å². The maximum Gasteiger partial charge on any atom is 0.134 e. The summed E-state index contributed by atoms with van der Waals surface area (Å²) in [5, 5.41) is 9.37. The minimum Gasteiger partial charge on any atom is -0.459 e. The molecule has 88 valence electrons. The van der Waals surface area contributed by atoms with Gasteiger partial charge >= 0.3 is 0 Å². The highest BCUT2D eigenvalue weighted by Gasteiger charge is 2.01. The minimum absolute atomic E-state index is 0.462. The predicted molar refractivity (Wildman–Crippen MR) is 70.9 cm³/mol. The molecule has 2 aromatic carbocycles. The van der Waals surface area contributed by atoms with Crippen LogP contribution in [-0.4, -0.2) is 0 Å². The Hall–Kier alpha value is -2.42. The quantitative estimate of drug-likeness (QED) is 0.606. The van der Waals surface area contributed by atoms with Crippen molar-refractivity contribution >= 4 is 16.7 Å². The second-order valence-electron chi connectivity index (χ2n) is 3.99. The molecule has 0 N–H and O–H groups in total. The topological polar surface area (TPSA) is 37.9 Å². The van der Waals surface area contributed by atoms with Crippen LogP contribution >= 0.6 is 0 Å². The van der Waals surface area contributed by atoms with Gasteiger partial charge in [0.05, 0.1) is 5.69 Å². The van der Waals surface area contributed by atoms with Gasteiger partial charge in [-0.15, -0.1) is 0 Å². The Kier molecular flexibility index (Phi) is 2.88. The van der Waals surface area contributed by atoms with Crippen LogP contribution in [0, 0.1) is 0 Å². The molecule has 0 bridgehead atoms. The molecule has 0 amide bonds. The van der Waals surface area contributed by atoms with Crippen LogP contribution in [0.1, 0.15) is 5.76 Å². The van der Waals surface area contributed by atoms with Crippen molar-refractivity contribution < 1.29 is 4.42 Å². The largest absolute Gasteiger partial charge is 0.459 e. The van der Waals surface area contributed by atoms with Crippen molar-refractivity contribution in [2.24, 2.45) is 10.2 Å². The van der Waals surface area contributed by atoms with Gasteiger partial charge in [-0.05, 0) is 24.3 Å². The van der Waals surface area contributed by atoms with Gasteiger partial charge < -0.3 is 4.42 Å². The summed E-state index contributed by atoms with van der Waals surface area (Å²) in [5.74, 6) is 0.830. The van der Waals surface area contributed by atoms with Crippen molar-refractivity contribution in [3.8, 4) is 0 Å². The van der Waals surface area contributed by atoms with Crippen LogP contribution in [0.3, 0.4) is 0 Å². The first kappa shape index (κ1) is 10.7. The average Bonchev–Trinajstić information content (AvgIpc) is 2.82. The van der Waals surface area contributed by atoms with Crippen molar-refractivity contribution in [3.05, 3.63) is 66.4 Å². The van der Waals surface area contributed by atoms with E-state index < -0.39 is 0 Å². The SMILES string of the molecule is c1ccc(N=NCc2cc3ccccc3o2)cc1. The molecule has 0 radical (unpaired) electrons. The first-order valence-electron chi connectivity index (χ1n) is 5.82. The van der Waals surface area contributed by atoms with Crippen molar-refractivity contribution in [2.75, 3.05) is 0 Å². The van der Waals surface area contributed by atoms with E-state index in [1.54, 1.807) is 0 Å². The third kappa shape index (κ3) is 2.30. The molecule has 1 aromatic heterocycles. The fourth-order valence-corrected chi connectivity index (χ4v) is 1.80. The molecule has 0 atom stereocenters. The Morgan fingerprint density at radius 3 is 2.50 bits per heavy atom. The number of azo groups is 1. The van der Waals surface area contributed by atoms with E-state index in [4.69, 9.17) is 4.42 Å². The molecule has 0 unspecified atom stereocenters. The molecule has 0 aliphatic carbocycles. The molecular formula is C15H12N2O.